The minimum absolute atomic E-state index is 0.326. The highest BCUT2D eigenvalue weighted by atomic mass is 35.5. The van der Waals surface area contributed by atoms with Gasteiger partial charge >= 0.3 is 0 Å². The number of nitrogens with one attached hydrogen (secondary N) is 2. The number of hydrogen-bond donors (Lipinski definition) is 3. The fourth-order valence-electron chi connectivity index (χ4n) is 3.04. The first-order valence-corrected chi connectivity index (χ1v) is 9.18. The van der Waals surface area contributed by atoms with Crippen molar-refractivity contribution in [1.29, 1.82) is 0 Å². The molecule has 1 atom stereocenters. The van der Waals surface area contributed by atoms with Crippen LogP contribution in [0.15, 0.2) is 42.7 Å². The van der Waals surface area contributed by atoms with Gasteiger partial charge in [0, 0.05) is 36.8 Å². The minimum atomic E-state index is -0.609. The normalized spacial score (nSPS) is 17.3. The molecule has 3 N–H and O–H groups in total. The molecule has 0 unspecified atom stereocenters. The number of nitrogens with zero attached hydrogens (tertiary/aromatic N) is 3. The van der Waals surface area contributed by atoms with Gasteiger partial charge in [-0.25, -0.2) is 10.5 Å². The summed E-state index contributed by atoms with van der Waals surface area (Å²) in [4.78, 5) is 21.9. The number of hydroxylamine groups is 1. The highest BCUT2D eigenvalue weighted by Crippen LogP contribution is 2.18. The van der Waals surface area contributed by atoms with Crippen molar-refractivity contribution < 1.29 is 10.0 Å². The van der Waals surface area contributed by atoms with Crippen LogP contribution in [0.5, 0.6) is 0 Å². The third-order valence-electron chi connectivity index (χ3n) is 4.47. The van der Waals surface area contributed by atoms with Crippen molar-refractivity contribution in [2.24, 2.45) is 0 Å². The molecule has 7 nitrogen and oxygen atoms in total. The molecule has 8 heteroatoms. The summed E-state index contributed by atoms with van der Waals surface area (Å²) in [6.07, 6.45) is 7.87. The predicted molar refractivity (Wildman–Crippen MR) is 105 cm³/mol. The summed E-state index contributed by atoms with van der Waals surface area (Å²) in [6, 6.07) is 8.30. The van der Waals surface area contributed by atoms with Gasteiger partial charge in [-0.2, -0.15) is 0 Å². The lowest BCUT2D eigenvalue weighted by atomic mass is 10.1. The number of rotatable bonds is 7. The van der Waals surface area contributed by atoms with Crippen molar-refractivity contribution in [3.8, 4) is 0 Å². The van der Waals surface area contributed by atoms with E-state index in [-0.39, 0.29) is 0 Å². The van der Waals surface area contributed by atoms with Crippen LogP contribution in [-0.4, -0.2) is 51.7 Å². The van der Waals surface area contributed by atoms with E-state index in [2.05, 4.69) is 26.3 Å². The molecular formula is C19H22ClN5O2. The summed E-state index contributed by atoms with van der Waals surface area (Å²) < 4.78 is 0. The smallest absolute Gasteiger partial charge is 0.267 e. The molecule has 1 saturated heterocycles. The topological polar surface area (TPSA) is 90.4 Å². The van der Waals surface area contributed by atoms with Crippen LogP contribution < -0.4 is 10.8 Å². The molecule has 1 aliphatic heterocycles. The number of benzene rings is 1. The van der Waals surface area contributed by atoms with Crippen LogP contribution in [0.1, 0.15) is 17.7 Å². The van der Waals surface area contributed by atoms with Gasteiger partial charge in [0.05, 0.1) is 18.1 Å². The van der Waals surface area contributed by atoms with E-state index in [1.54, 1.807) is 12.4 Å². The van der Waals surface area contributed by atoms with Gasteiger partial charge in [-0.1, -0.05) is 29.8 Å². The van der Waals surface area contributed by atoms with E-state index in [1.807, 2.05) is 18.2 Å². The van der Waals surface area contributed by atoms with E-state index in [1.165, 1.54) is 23.2 Å². The maximum absolute atomic E-state index is 11.0. The highest BCUT2D eigenvalue weighted by Gasteiger charge is 2.22. The van der Waals surface area contributed by atoms with E-state index in [4.69, 9.17) is 16.8 Å². The van der Waals surface area contributed by atoms with Gasteiger partial charge < -0.3 is 10.2 Å². The first kappa shape index (κ1) is 19.3. The van der Waals surface area contributed by atoms with Crippen LogP contribution in [-0.2, 0) is 11.2 Å². The van der Waals surface area contributed by atoms with Crippen LogP contribution in [0.2, 0.25) is 5.02 Å². The summed E-state index contributed by atoms with van der Waals surface area (Å²) in [5.74, 6) is 0.0959. The molecule has 1 fully saturated rings. The first-order valence-electron chi connectivity index (χ1n) is 8.80. The molecule has 1 aliphatic rings. The molecule has 142 valence electrons. The molecule has 1 aromatic heterocycles. The first-order chi connectivity index (χ1) is 13.1. The second-order valence-electron chi connectivity index (χ2n) is 6.41. The summed E-state index contributed by atoms with van der Waals surface area (Å²) >= 11 is 6.22. The summed E-state index contributed by atoms with van der Waals surface area (Å²) in [6.45, 7) is 2.96. The third-order valence-corrected chi connectivity index (χ3v) is 4.84. The number of carbonyl (C=O) groups is 1. The summed E-state index contributed by atoms with van der Waals surface area (Å²) in [7, 11) is 0. The Morgan fingerprint density at radius 2 is 2.19 bits per heavy atom. The Hall–Kier alpha value is -2.48. The van der Waals surface area contributed by atoms with Crippen LogP contribution in [0.4, 0.5) is 5.82 Å². The maximum Gasteiger partial charge on any atom is 0.267 e. The van der Waals surface area contributed by atoms with Crippen molar-refractivity contribution >= 4 is 29.4 Å². The molecule has 0 aliphatic carbocycles. The Morgan fingerprint density at radius 3 is 2.93 bits per heavy atom. The van der Waals surface area contributed by atoms with Gasteiger partial charge in [0.1, 0.15) is 5.82 Å². The minimum Gasteiger partial charge on any atom is -0.365 e. The summed E-state index contributed by atoms with van der Waals surface area (Å²) in [5, 5.41) is 12.7. The van der Waals surface area contributed by atoms with Crippen LogP contribution in [0, 0.1) is 0 Å². The van der Waals surface area contributed by atoms with Crippen LogP contribution >= 0.6 is 11.6 Å². The number of anilines is 1. The lowest BCUT2D eigenvalue weighted by Gasteiger charge is -2.17. The molecule has 2 heterocycles. The van der Waals surface area contributed by atoms with E-state index in [9.17, 15) is 4.79 Å². The number of hydrogen-bond acceptors (Lipinski definition) is 6. The Morgan fingerprint density at radius 1 is 1.33 bits per heavy atom. The van der Waals surface area contributed by atoms with E-state index in [0.29, 0.717) is 17.6 Å². The monoisotopic (exact) mass is 387 g/mol. The second-order valence-corrected chi connectivity index (χ2v) is 6.82. The van der Waals surface area contributed by atoms with Gasteiger partial charge in [-0.05, 0) is 30.5 Å². The Labute approximate surface area is 163 Å². The zero-order chi connectivity index (χ0) is 19.1. The number of halogens is 1. The molecule has 0 spiro atoms. The largest absolute Gasteiger partial charge is 0.365 e. The molecule has 1 amide bonds. The fraction of sp³-hybridized carbons (Fsp3) is 0.316. The highest BCUT2D eigenvalue weighted by molar-refractivity contribution is 6.31. The standard InChI is InChI=1S/C19H22ClN5O2/c20-17-4-2-1-3-14(17)7-9-25-10-8-16(13-25)23-18-12-21-15(11-22-18)5-6-19(26)24-27/h1-6,11-12,16,27H,7-10,13H2,(H,22,23)(H,24,26)/t16-/m1/s1. The van der Waals surface area contributed by atoms with Crippen molar-refractivity contribution in [2.75, 3.05) is 25.0 Å². The average Bonchev–Trinajstić information content (AvgIpc) is 3.14. The molecule has 2 aromatic rings. The fourth-order valence-corrected chi connectivity index (χ4v) is 3.27. The second kappa shape index (κ2) is 9.45. The Bertz CT molecular complexity index is 797. The SMILES string of the molecule is O=C(C=Cc1cnc(N[C@@H]2CCN(CCc3ccccc3Cl)C2)cn1)NO. The third kappa shape index (κ3) is 5.75. The maximum atomic E-state index is 11.0. The Balaban J connectivity index is 1.46. The van der Waals surface area contributed by atoms with Gasteiger partial charge in [0.15, 0.2) is 0 Å². The lowest BCUT2D eigenvalue weighted by molar-refractivity contribution is -0.124. The number of carbonyl (C=O) groups excluding carboxylic acids is 1. The van der Waals surface area contributed by atoms with E-state index in [0.717, 1.165) is 37.5 Å². The molecular weight excluding hydrogens is 366 g/mol. The zero-order valence-corrected chi connectivity index (χ0v) is 15.6. The van der Waals surface area contributed by atoms with Crippen LogP contribution in [0.25, 0.3) is 6.08 Å². The molecule has 0 radical (unpaired) electrons. The van der Waals surface area contributed by atoms with E-state index >= 15 is 0 Å². The lowest BCUT2D eigenvalue weighted by Crippen LogP contribution is -2.28. The number of amides is 1. The summed E-state index contributed by atoms with van der Waals surface area (Å²) in [5.41, 5.74) is 3.24. The van der Waals surface area contributed by atoms with Crippen LogP contribution in [0.3, 0.4) is 0 Å². The van der Waals surface area contributed by atoms with Crippen molar-refractivity contribution in [2.45, 2.75) is 18.9 Å². The molecule has 0 bridgehead atoms. The predicted octanol–water partition coefficient (Wildman–Crippen LogP) is 2.38. The van der Waals surface area contributed by atoms with E-state index < -0.39 is 5.91 Å². The van der Waals surface area contributed by atoms with Gasteiger partial charge in [-0.15, -0.1) is 0 Å². The Kier molecular flexibility index (Phi) is 6.75. The van der Waals surface area contributed by atoms with Crippen molar-refractivity contribution in [3.63, 3.8) is 0 Å². The molecule has 1 aromatic carbocycles. The average molecular weight is 388 g/mol. The van der Waals surface area contributed by atoms with Gasteiger partial charge in [0.25, 0.3) is 5.91 Å². The van der Waals surface area contributed by atoms with Gasteiger partial charge in [-0.3, -0.25) is 15.0 Å². The molecule has 3 rings (SSSR count). The zero-order valence-electron chi connectivity index (χ0n) is 14.8. The number of likely N-dealkylation sites (tertiary alicyclic amines) is 1. The van der Waals surface area contributed by atoms with Gasteiger partial charge in [0.2, 0.25) is 0 Å². The number of aromatic nitrogens is 2. The van der Waals surface area contributed by atoms with Crippen molar-refractivity contribution in [3.05, 3.63) is 59.0 Å². The molecule has 27 heavy (non-hydrogen) atoms. The quantitative estimate of drug-likeness (QED) is 0.384. The van der Waals surface area contributed by atoms with Crippen molar-refractivity contribution in [1.82, 2.24) is 20.3 Å². The molecule has 0 saturated carbocycles.